The molecule has 0 spiro atoms. The fourth-order valence-electron chi connectivity index (χ4n) is 5.60. The van der Waals surface area contributed by atoms with Crippen molar-refractivity contribution >= 4 is 12.0 Å². The van der Waals surface area contributed by atoms with Crippen LogP contribution in [0.5, 0.6) is 17.2 Å². The summed E-state index contributed by atoms with van der Waals surface area (Å²) in [5.41, 5.74) is 3.11. The Hall–Kier alpha value is -4.34. The number of esters is 1. The molecule has 10 heteroatoms. The van der Waals surface area contributed by atoms with Gasteiger partial charge in [0.2, 0.25) is 5.75 Å². The molecule has 2 amide bonds. The lowest BCUT2D eigenvalue weighted by molar-refractivity contribution is -0.156. The summed E-state index contributed by atoms with van der Waals surface area (Å²) < 4.78 is 22.4. The summed E-state index contributed by atoms with van der Waals surface area (Å²) in [6, 6.07) is 10.7. The quantitative estimate of drug-likeness (QED) is 0.226. The molecule has 44 heavy (non-hydrogen) atoms. The number of benzene rings is 1. The van der Waals surface area contributed by atoms with E-state index in [1.807, 2.05) is 24.5 Å². The summed E-state index contributed by atoms with van der Waals surface area (Å²) >= 11 is 0. The predicted molar refractivity (Wildman–Crippen MR) is 167 cm³/mol. The van der Waals surface area contributed by atoms with Crippen molar-refractivity contribution < 1.29 is 28.5 Å². The van der Waals surface area contributed by atoms with Crippen LogP contribution in [0.1, 0.15) is 61.6 Å². The van der Waals surface area contributed by atoms with Crippen LogP contribution in [0.2, 0.25) is 0 Å². The van der Waals surface area contributed by atoms with Crippen molar-refractivity contribution in [3.05, 3.63) is 77.9 Å². The van der Waals surface area contributed by atoms with Gasteiger partial charge in [0.15, 0.2) is 11.5 Å². The third-order valence-electron chi connectivity index (χ3n) is 7.92. The Morgan fingerprint density at radius 1 is 0.886 bits per heavy atom. The van der Waals surface area contributed by atoms with E-state index in [1.54, 1.807) is 50.8 Å². The van der Waals surface area contributed by atoms with Gasteiger partial charge in [0.05, 0.1) is 21.3 Å². The standard InChI is InChI=1S/C34H44N4O6/c1-41-30-20-27(21-31(42-2)32(30)43-3)24-37-34(40)38-19-5-4-16-29(38)33(39)44-28(14-6-10-25-12-8-17-35-22-25)15-7-11-26-13-9-18-36-23-26/h8-9,12-13,17-18,20-23,28-29H,4-7,10-11,14-16,19,24H2,1-3H3,(H,37,40)/t29-/m0/s1. The smallest absolute Gasteiger partial charge is 0.329 e. The zero-order valence-electron chi connectivity index (χ0n) is 26.0. The summed E-state index contributed by atoms with van der Waals surface area (Å²) in [7, 11) is 4.65. The SMILES string of the molecule is COc1cc(CNC(=O)N2CCCC[C@H]2C(=O)OC(CCCc2cccnc2)CCCc2cccnc2)cc(OC)c1OC. The molecule has 1 aliphatic rings. The van der Waals surface area contributed by atoms with E-state index in [1.165, 1.54) is 0 Å². The van der Waals surface area contributed by atoms with Crippen LogP contribution >= 0.6 is 0 Å². The minimum Gasteiger partial charge on any atom is -0.493 e. The summed E-state index contributed by atoms with van der Waals surface area (Å²) in [5, 5.41) is 2.97. The van der Waals surface area contributed by atoms with E-state index in [0.717, 1.165) is 68.1 Å². The van der Waals surface area contributed by atoms with Crippen LogP contribution in [0.25, 0.3) is 0 Å². The number of ether oxygens (including phenoxy) is 4. The molecule has 0 saturated carbocycles. The molecule has 2 aromatic heterocycles. The highest BCUT2D eigenvalue weighted by atomic mass is 16.5. The minimum absolute atomic E-state index is 0.234. The highest BCUT2D eigenvalue weighted by Gasteiger charge is 2.34. The van der Waals surface area contributed by atoms with Crippen molar-refractivity contribution in [1.29, 1.82) is 0 Å². The molecule has 1 aliphatic heterocycles. The third kappa shape index (κ3) is 9.33. The predicted octanol–water partition coefficient (Wildman–Crippen LogP) is 5.52. The Balaban J connectivity index is 1.37. The van der Waals surface area contributed by atoms with Crippen LogP contribution in [-0.2, 0) is 28.9 Å². The van der Waals surface area contributed by atoms with E-state index < -0.39 is 6.04 Å². The van der Waals surface area contributed by atoms with E-state index in [4.69, 9.17) is 18.9 Å². The first-order valence-corrected chi connectivity index (χ1v) is 15.3. The highest BCUT2D eigenvalue weighted by Crippen LogP contribution is 2.38. The van der Waals surface area contributed by atoms with Crippen molar-refractivity contribution in [1.82, 2.24) is 20.2 Å². The monoisotopic (exact) mass is 604 g/mol. The number of aryl methyl sites for hydroxylation is 2. The van der Waals surface area contributed by atoms with E-state index in [-0.39, 0.29) is 24.6 Å². The number of nitrogens with zero attached hydrogens (tertiary/aromatic N) is 3. The second-order valence-corrected chi connectivity index (χ2v) is 11.0. The first kappa shape index (κ1) is 32.6. The van der Waals surface area contributed by atoms with Crippen LogP contribution in [0.15, 0.2) is 61.2 Å². The topological polar surface area (TPSA) is 112 Å². The Labute approximate surface area is 260 Å². The van der Waals surface area contributed by atoms with Gasteiger partial charge >= 0.3 is 12.0 Å². The van der Waals surface area contributed by atoms with Crippen molar-refractivity contribution in [2.45, 2.75) is 76.5 Å². The largest absolute Gasteiger partial charge is 0.493 e. The van der Waals surface area contributed by atoms with Gasteiger partial charge in [0, 0.05) is 37.9 Å². The number of amides is 2. The van der Waals surface area contributed by atoms with Gasteiger partial charge in [0.1, 0.15) is 12.1 Å². The molecule has 4 rings (SSSR count). The lowest BCUT2D eigenvalue weighted by atomic mass is 10.0. The summed E-state index contributed by atoms with van der Waals surface area (Å²) in [4.78, 5) is 37.0. The maximum Gasteiger partial charge on any atom is 0.329 e. The number of hydrogen-bond acceptors (Lipinski definition) is 8. The third-order valence-corrected chi connectivity index (χ3v) is 7.92. The van der Waals surface area contributed by atoms with Gasteiger partial charge < -0.3 is 29.2 Å². The minimum atomic E-state index is -0.622. The lowest BCUT2D eigenvalue weighted by Crippen LogP contribution is -2.52. The van der Waals surface area contributed by atoms with Crippen LogP contribution in [0.4, 0.5) is 4.79 Å². The maximum atomic E-state index is 13.6. The van der Waals surface area contributed by atoms with Crippen molar-refractivity contribution in [3.8, 4) is 17.2 Å². The molecule has 10 nitrogen and oxygen atoms in total. The average Bonchev–Trinajstić information content (AvgIpc) is 3.07. The molecule has 3 aromatic rings. The number of aromatic nitrogens is 2. The lowest BCUT2D eigenvalue weighted by Gasteiger charge is -2.35. The zero-order valence-corrected chi connectivity index (χ0v) is 26.0. The number of urea groups is 1. The van der Waals surface area contributed by atoms with Crippen molar-refractivity contribution in [3.63, 3.8) is 0 Å². The molecule has 1 saturated heterocycles. The van der Waals surface area contributed by atoms with Crippen molar-refractivity contribution in [2.24, 2.45) is 0 Å². The van der Waals surface area contributed by atoms with Crippen LogP contribution in [0, 0.1) is 0 Å². The van der Waals surface area contributed by atoms with Gasteiger partial charge in [-0.15, -0.1) is 0 Å². The second-order valence-electron chi connectivity index (χ2n) is 11.0. The zero-order chi connectivity index (χ0) is 31.1. The van der Waals surface area contributed by atoms with E-state index in [2.05, 4.69) is 27.4 Å². The summed E-state index contributed by atoms with van der Waals surface area (Å²) in [6.45, 7) is 0.729. The first-order valence-electron chi connectivity index (χ1n) is 15.3. The van der Waals surface area contributed by atoms with E-state index >= 15 is 0 Å². The van der Waals surface area contributed by atoms with Gasteiger partial charge in [-0.05, 0) is 98.7 Å². The normalized spacial score (nSPS) is 14.6. The van der Waals surface area contributed by atoms with Crippen LogP contribution < -0.4 is 19.5 Å². The number of pyridine rings is 2. The molecule has 1 atom stereocenters. The Kier molecular flexibility index (Phi) is 12.6. The molecular weight excluding hydrogens is 560 g/mol. The van der Waals surface area contributed by atoms with Gasteiger partial charge in [-0.3, -0.25) is 9.97 Å². The fourth-order valence-corrected chi connectivity index (χ4v) is 5.60. The number of nitrogens with one attached hydrogen (secondary N) is 1. The van der Waals surface area contributed by atoms with Crippen molar-refractivity contribution in [2.75, 3.05) is 27.9 Å². The first-order chi connectivity index (χ1) is 21.5. The van der Waals surface area contributed by atoms with E-state index in [9.17, 15) is 9.59 Å². The number of likely N-dealkylation sites (tertiary alicyclic amines) is 1. The molecule has 0 bridgehead atoms. The van der Waals surface area contributed by atoms with Crippen LogP contribution in [-0.4, -0.2) is 66.9 Å². The Morgan fingerprint density at radius 2 is 1.50 bits per heavy atom. The second kappa shape index (κ2) is 17.1. The van der Waals surface area contributed by atoms with Gasteiger partial charge in [0.25, 0.3) is 0 Å². The molecule has 0 unspecified atom stereocenters. The Bertz CT molecular complexity index is 1250. The molecule has 0 aliphatic carbocycles. The number of rotatable bonds is 15. The number of piperidine rings is 1. The summed E-state index contributed by atoms with van der Waals surface area (Å²) in [5.74, 6) is 1.17. The Morgan fingerprint density at radius 3 is 2.02 bits per heavy atom. The molecular formula is C34H44N4O6. The highest BCUT2D eigenvalue weighted by molar-refractivity contribution is 5.84. The van der Waals surface area contributed by atoms with Gasteiger partial charge in [-0.2, -0.15) is 0 Å². The van der Waals surface area contributed by atoms with E-state index in [0.29, 0.717) is 30.2 Å². The van der Waals surface area contributed by atoms with Crippen LogP contribution in [0.3, 0.4) is 0 Å². The fraction of sp³-hybridized carbons (Fsp3) is 0.471. The van der Waals surface area contributed by atoms with Gasteiger partial charge in [-0.25, -0.2) is 9.59 Å². The molecule has 0 radical (unpaired) electrons. The number of hydrogen-bond donors (Lipinski definition) is 1. The molecule has 3 heterocycles. The molecule has 1 aromatic carbocycles. The molecule has 1 N–H and O–H groups in total. The molecule has 236 valence electrons. The average molecular weight is 605 g/mol. The van der Waals surface area contributed by atoms with Gasteiger partial charge in [-0.1, -0.05) is 12.1 Å². The molecule has 1 fully saturated rings. The number of carbonyl (C=O) groups is 2. The number of carbonyl (C=O) groups excluding carboxylic acids is 2. The number of methoxy groups -OCH3 is 3. The summed E-state index contributed by atoms with van der Waals surface area (Å²) in [6.07, 6.45) is 14.3. The maximum absolute atomic E-state index is 13.6.